The SMILES string of the molecule is N#Cc1ccc(-c2cccc(-c3nc(-c4ccccc4)nc(-c4ccc5c(c4)Oc4ccccc4[Si]54c5ccccc5-c5ccccc54)n3)c2)cc1. The number of aromatic nitrogens is 3. The maximum atomic E-state index is 9.29. The first-order chi connectivity index (χ1) is 25.7. The zero-order valence-corrected chi connectivity index (χ0v) is 28.9. The molecule has 3 heterocycles. The lowest BCUT2D eigenvalue weighted by atomic mass is 10.0. The first kappa shape index (κ1) is 29.9. The molecular formula is C46H28N4OSi. The van der Waals surface area contributed by atoms with Gasteiger partial charge in [-0.25, -0.2) is 15.0 Å². The summed E-state index contributed by atoms with van der Waals surface area (Å²) in [5.41, 5.74) is 7.88. The number of fused-ring (bicyclic) bond motifs is 9. The molecule has 2 aliphatic rings. The van der Waals surface area contributed by atoms with E-state index in [0.717, 1.165) is 39.3 Å². The summed E-state index contributed by atoms with van der Waals surface area (Å²) in [4.78, 5) is 15.2. The van der Waals surface area contributed by atoms with Crippen molar-refractivity contribution in [2.45, 2.75) is 0 Å². The molecule has 0 unspecified atom stereocenters. The van der Waals surface area contributed by atoms with Gasteiger partial charge in [-0.05, 0) is 73.3 Å². The lowest BCUT2D eigenvalue weighted by Gasteiger charge is -2.37. The molecule has 1 aromatic heterocycles. The summed E-state index contributed by atoms with van der Waals surface area (Å²) < 4.78 is 6.81. The number of para-hydroxylation sites is 1. The minimum absolute atomic E-state index is 0.570. The van der Waals surface area contributed by atoms with Gasteiger partial charge in [0, 0.05) is 16.7 Å². The quantitative estimate of drug-likeness (QED) is 0.177. The number of benzene rings is 7. The predicted molar refractivity (Wildman–Crippen MR) is 209 cm³/mol. The van der Waals surface area contributed by atoms with Crippen LogP contribution in [0.5, 0.6) is 11.5 Å². The van der Waals surface area contributed by atoms with Gasteiger partial charge < -0.3 is 4.74 Å². The number of nitriles is 1. The molecule has 2 aliphatic heterocycles. The maximum absolute atomic E-state index is 9.29. The summed E-state index contributed by atoms with van der Waals surface area (Å²) in [6, 6.07) is 60.8. The predicted octanol–water partition coefficient (Wildman–Crippen LogP) is 7.87. The van der Waals surface area contributed by atoms with Gasteiger partial charge in [0.15, 0.2) is 25.5 Å². The monoisotopic (exact) mass is 680 g/mol. The Kier molecular flexibility index (Phi) is 6.81. The molecule has 0 bridgehead atoms. The number of hydrogen-bond donors (Lipinski definition) is 0. The van der Waals surface area contributed by atoms with Crippen molar-refractivity contribution in [3.05, 3.63) is 175 Å². The van der Waals surface area contributed by atoms with Crippen LogP contribution in [0.2, 0.25) is 0 Å². The largest absolute Gasteiger partial charge is 0.458 e. The van der Waals surface area contributed by atoms with Crippen LogP contribution in [0.25, 0.3) is 56.4 Å². The van der Waals surface area contributed by atoms with E-state index >= 15 is 0 Å². The fraction of sp³-hybridized carbons (Fsp3) is 0. The summed E-state index contributed by atoms with van der Waals surface area (Å²) in [5, 5.41) is 14.6. The van der Waals surface area contributed by atoms with Crippen molar-refractivity contribution in [1.29, 1.82) is 5.26 Å². The van der Waals surface area contributed by atoms with E-state index in [9.17, 15) is 5.26 Å². The molecule has 0 aliphatic carbocycles. The van der Waals surface area contributed by atoms with Crippen molar-refractivity contribution >= 4 is 28.8 Å². The highest BCUT2D eigenvalue weighted by Crippen LogP contribution is 2.37. The van der Waals surface area contributed by atoms with E-state index in [0.29, 0.717) is 23.0 Å². The highest BCUT2D eigenvalue weighted by Gasteiger charge is 2.53. The molecule has 7 aromatic carbocycles. The first-order valence-corrected chi connectivity index (χ1v) is 19.2. The normalized spacial score (nSPS) is 12.9. The van der Waals surface area contributed by atoms with Gasteiger partial charge in [-0.15, -0.1) is 0 Å². The Labute approximate surface area is 302 Å². The van der Waals surface area contributed by atoms with Crippen LogP contribution < -0.4 is 25.5 Å². The molecule has 0 N–H and O–H groups in total. The van der Waals surface area contributed by atoms with Gasteiger partial charge in [0.25, 0.3) is 0 Å². The average Bonchev–Trinajstić information content (AvgIpc) is 3.51. The second kappa shape index (κ2) is 11.8. The molecular weight excluding hydrogens is 653 g/mol. The van der Waals surface area contributed by atoms with Crippen LogP contribution in [0.1, 0.15) is 5.56 Å². The van der Waals surface area contributed by atoms with Crippen molar-refractivity contribution in [3.63, 3.8) is 0 Å². The summed E-state index contributed by atoms with van der Waals surface area (Å²) in [5.74, 6) is 3.47. The topological polar surface area (TPSA) is 71.7 Å². The number of nitrogens with zero attached hydrogens (tertiary/aromatic N) is 4. The number of hydrogen-bond acceptors (Lipinski definition) is 5. The van der Waals surface area contributed by atoms with Crippen LogP contribution in [0.3, 0.4) is 0 Å². The van der Waals surface area contributed by atoms with Gasteiger partial charge in [0.1, 0.15) is 11.5 Å². The van der Waals surface area contributed by atoms with E-state index in [1.165, 1.54) is 31.9 Å². The van der Waals surface area contributed by atoms with Gasteiger partial charge >= 0.3 is 0 Å². The van der Waals surface area contributed by atoms with E-state index in [4.69, 9.17) is 19.7 Å². The second-order valence-electron chi connectivity index (χ2n) is 13.1. The Morgan fingerprint density at radius 2 is 0.923 bits per heavy atom. The van der Waals surface area contributed by atoms with Crippen LogP contribution in [-0.4, -0.2) is 23.0 Å². The van der Waals surface area contributed by atoms with Gasteiger partial charge in [0.2, 0.25) is 0 Å². The highest BCUT2D eigenvalue weighted by atomic mass is 28.3. The van der Waals surface area contributed by atoms with Crippen LogP contribution in [0.15, 0.2) is 170 Å². The highest BCUT2D eigenvalue weighted by molar-refractivity contribution is 7.23. The fourth-order valence-electron chi connectivity index (χ4n) is 7.93. The lowest BCUT2D eigenvalue weighted by Crippen LogP contribution is -2.74. The van der Waals surface area contributed by atoms with Crippen molar-refractivity contribution in [3.8, 4) is 74.0 Å². The van der Waals surface area contributed by atoms with E-state index < -0.39 is 8.07 Å². The van der Waals surface area contributed by atoms with Crippen LogP contribution in [0.4, 0.5) is 0 Å². The minimum Gasteiger partial charge on any atom is -0.458 e. The standard InChI is InChI=1S/C46H28N4OSi/c47-29-30-21-23-31(24-22-30)33-13-10-14-34(27-33)45-48-44(32-11-2-1-3-12-32)49-46(50-45)35-25-26-43-39(28-35)51-38-17-6-9-20-42(38)52(43)40-18-7-4-15-36(40)37-16-5-8-19-41(37)52/h1-28H. The Morgan fingerprint density at radius 3 is 1.62 bits per heavy atom. The van der Waals surface area contributed by atoms with Crippen molar-refractivity contribution < 1.29 is 4.74 Å². The van der Waals surface area contributed by atoms with Crippen molar-refractivity contribution in [2.75, 3.05) is 0 Å². The van der Waals surface area contributed by atoms with Crippen LogP contribution in [-0.2, 0) is 0 Å². The molecule has 52 heavy (non-hydrogen) atoms. The lowest BCUT2D eigenvalue weighted by molar-refractivity contribution is 0.487. The molecule has 0 fully saturated rings. The zero-order valence-electron chi connectivity index (χ0n) is 27.9. The molecule has 0 saturated heterocycles. The van der Waals surface area contributed by atoms with E-state index in [1.807, 2.05) is 66.7 Å². The summed E-state index contributed by atoms with van der Waals surface area (Å²) in [7, 11) is -2.69. The Bertz CT molecular complexity index is 2690. The van der Waals surface area contributed by atoms with Gasteiger partial charge in [-0.1, -0.05) is 140 Å². The third kappa shape index (κ3) is 4.57. The fourth-order valence-corrected chi connectivity index (χ4v) is 13.3. The third-order valence-corrected chi connectivity index (χ3v) is 15.2. The van der Waals surface area contributed by atoms with Crippen LogP contribution in [0, 0.1) is 11.3 Å². The maximum Gasteiger partial charge on any atom is 0.189 e. The summed E-state index contributed by atoms with van der Waals surface area (Å²) in [6.45, 7) is 0. The molecule has 0 amide bonds. The van der Waals surface area contributed by atoms with Crippen LogP contribution >= 0.6 is 0 Å². The van der Waals surface area contributed by atoms with Gasteiger partial charge in [-0.3, -0.25) is 0 Å². The number of rotatable bonds is 4. The molecule has 1 spiro atoms. The number of ether oxygens (including phenoxy) is 1. The molecule has 0 radical (unpaired) electrons. The van der Waals surface area contributed by atoms with Gasteiger partial charge in [-0.2, -0.15) is 5.26 Å². The van der Waals surface area contributed by atoms with Gasteiger partial charge in [0.05, 0.1) is 11.6 Å². The van der Waals surface area contributed by atoms with E-state index in [-0.39, 0.29) is 0 Å². The minimum atomic E-state index is -2.69. The molecule has 8 aromatic rings. The van der Waals surface area contributed by atoms with E-state index in [1.54, 1.807) is 0 Å². The molecule has 0 atom stereocenters. The molecule has 0 saturated carbocycles. The Hall–Kier alpha value is -6.94. The molecule has 5 nitrogen and oxygen atoms in total. The smallest absolute Gasteiger partial charge is 0.189 e. The molecule has 242 valence electrons. The zero-order chi connectivity index (χ0) is 34.6. The average molecular weight is 681 g/mol. The second-order valence-corrected chi connectivity index (χ2v) is 16.7. The molecule has 6 heteroatoms. The Morgan fingerprint density at radius 1 is 0.404 bits per heavy atom. The third-order valence-electron chi connectivity index (χ3n) is 10.2. The summed E-state index contributed by atoms with van der Waals surface area (Å²) in [6.07, 6.45) is 0. The van der Waals surface area contributed by atoms with E-state index in [2.05, 4.69) is 109 Å². The van der Waals surface area contributed by atoms with Crippen molar-refractivity contribution in [1.82, 2.24) is 15.0 Å². The van der Waals surface area contributed by atoms with Crippen molar-refractivity contribution in [2.24, 2.45) is 0 Å². The summed E-state index contributed by atoms with van der Waals surface area (Å²) >= 11 is 0. The molecule has 10 rings (SSSR count). The Balaban J connectivity index is 1.15. The first-order valence-electron chi connectivity index (χ1n) is 17.2.